The van der Waals surface area contributed by atoms with Crippen molar-refractivity contribution in [2.24, 2.45) is 0 Å². The topological polar surface area (TPSA) is 39.2 Å². The SMILES string of the molecule is CCOC(=O)c1cnc2c(c1Cl)CCCCCCCCCC2. The molecular formula is C18H26ClNO2. The van der Waals surface area contributed by atoms with Crippen LogP contribution in [0.1, 0.15) is 79.9 Å². The molecule has 1 aromatic rings. The first-order chi connectivity index (χ1) is 10.7. The van der Waals surface area contributed by atoms with E-state index in [1.54, 1.807) is 13.1 Å². The Hall–Kier alpha value is -1.09. The fraction of sp³-hybridized carbons (Fsp3) is 0.667. The number of carbonyl (C=O) groups is 1. The zero-order valence-corrected chi connectivity index (χ0v) is 14.3. The molecule has 122 valence electrons. The van der Waals surface area contributed by atoms with Gasteiger partial charge in [0.05, 0.1) is 17.2 Å². The number of fused-ring (bicyclic) bond motifs is 1. The molecule has 1 aliphatic carbocycles. The number of aryl methyl sites for hydroxylation is 1. The van der Waals surface area contributed by atoms with E-state index in [4.69, 9.17) is 16.3 Å². The number of pyridine rings is 1. The number of aromatic nitrogens is 1. The van der Waals surface area contributed by atoms with Crippen LogP contribution in [-0.4, -0.2) is 17.6 Å². The Balaban J connectivity index is 2.23. The number of hydrogen-bond donors (Lipinski definition) is 0. The summed E-state index contributed by atoms with van der Waals surface area (Å²) in [6.07, 6.45) is 13.5. The summed E-state index contributed by atoms with van der Waals surface area (Å²) in [5, 5.41) is 0.556. The monoisotopic (exact) mass is 323 g/mol. The standard InChI is InChI=1S/C18H26ClNO2/c1-2-22-18(21)15-13-20-16-12-10-8-6-4-3-5-7-9-11-14(16)17(15)19/h13H,2-12H2,1H3. The van der Waals surface area contributed by atoms with Gasteiger partial charge in [-0.1, -0.05) is 50.1 Å². The minimum absolute atomic E-state index is 0.353. The molecule has 0 amide bonds. The highest BCUT2D eigenvalue weighted by molar-refractivity contribution is 6.34. The van der Waals surface area contributed by atoms with Crippen LogP contribution in [0.4, 0.5) is 0 Å². The second kappa shape index (κ2) is 9.14. The Morgan fingerprint density at radius 3 is 2.32 bits per heavy atom. The molecule has 0 radical (unpaired) electrons. The van der Waals surface area contributed by atoms with Crippen LogP contribution in [-0.2, 0) is 17.6 Å². The van der Waals surface area contributed by atoms with E-state index in [2.05, 4.69) is 4.98 Å². The number of halogens is 1. The maximum atomic E-state index is 12.0. The normalized spacial score (nSPS) is 17.0. The van der Waals surface area contributed by atoms with Gasteiger partial charge < -0.3 is 4.74 Å². The van der Waals surface area contributed by atoms with Crippen molar-refractivity contribution in [3.8, 4) is 0 Å². The number of esters is 1. The van der Waals surface area contributed by atoms with Crippen LogP contribution in [0.2, 0.25) is 5.02 Å². The lowest BCUT2D eigenvalue weighted by Gasteiger charge is -2.14. The fourth-order valence-corrected chi connectivity index (χ4v) is 3.37. The molecule has 0 aliphatic heterocycles. The number of hydrogen-bond acceptors (Lipinski definition) is 3. The Morgan fingerprint density at radius 2 is 1.68 bits per heavy atom. The van der Waals surface area contributed by atoms with E-state index in [0.717, 1.165) is 36.9 Å². The van der Waals surface area contributed by atoms with Crippen molar-refractivity contribution in [2.45, 2.75) is 71.1 Å². The van der Waals surface area contributed by atoms with Crippen molar-refractivity contribution in [3.05, 3.63) is 28.0 Å². The molecule has 3 nitrogen and oxygen atoms in total. The van der Waals surface area contributed by atoms with Gasteiger partial charge in [0.1, 0.15) is 0 Å². The number of ether oxygens (including phenoxy) is 1. The predicted molar refractivity (Wildman–Crippen MR) is 89.5 cm³/mol. The largest absolute Gasteiger partial charge is 0.462 e. The summed E-state index contributed by atoms with van der Waals surface area (Å²) in [5.74, 6) is -0.367. The van der Waals surface area contributed by atoms with Gasteiger partial charge in [-0.25, -0.2) is 4.79 Å². The first-order valence-corrected chi connectivity index (χ1v) is 8.95. The summed E-state index contributed by atoms with van der Waals surface area (Å²) in [5.41, 5.74) is 2.54. The van der Waals surface area contributed by atoms with Crippen LogP contribution in [0.15, 0.2) is 6.20 Å². The van der Waals surface area contributed by atoms with Gasteiger partial charge in [0.15, 0.2) is 0 Å². The van der Waals surface area contributed by atoms with Gasteiger partial charge >= 0.3 is 5.97 Å². The van der Waals surface area contributed by atoms with Gasteiger partial charge in [-0.05, 0) is 38.2 Å². The van der Waals surface area contributed by atoms with Crippen molar-refractivity contribution in [3.63, 3.8) is 0 Å². The summed E-state index contributed by atoms with van der Waals surface area (Å²) in [6.45, 7) is 2.15. The Labute approximate surface area is 138 Å². The van der Waals surface area contributed by atoms with E-state index in [0.29, 0.717) is 17.2 Å². The molecular weight excluding hydrogens is 298 g/mol. The van der Waals surface area contributed by atoms with Crippen LogP contribution in [0, 0.1) is 0 Å². The highest BCUT2D eigenvalue weighted by Gasteiger charge is 2.18. The molecule has 0 bridgehead atoms. The van der Waals surface area contributed by atoms with Crippen molar-refractivity contribution in [1.82, 2.24) is 4.98 Å². The molecule has 0 saturated heterocycles. The van der Waals surface area contributed by atoms with Crippen LogP contribution in [0.3, 0.4) is 0 Å². The second-order valence-electron chi connectivity index (χ2n) is 5.96. The maximum absolute atomic E-state index is 12.0. The second-order valence-corrected chi connectivity index (χ2v) is 6.34. The van der Waals surface area contributed by atoms with Gasteiger partial charge in [-0.15, -0.1) is 0 Å². The lowest BCUT2D eigenvalue weighted by atomic mass is 9.97. The summed E-state index contributed by atoms with van der Waals surface area (Å²) in [4.78, 5) is 16.5. The van der Waals surface area contributed by atoms with Gasteiger partial charge in [-0.2, -0.15) is 0 Å². The first kappa shape index (κ1) is 17.3. The van der Waals surface area contributed by atoms with Crippen LogP contribution >= 0.6 is 11.6 Å². The fourth-order valence-electron chi connectivity index (χ4n) is 3.04. The van der Waals surface area contributed by atoms with Gasteiger partial charge in [0.25, 0.3) is 0 Å². The van der Waals surface area contributed by atoms with E-state index >= 15 is 0 Å². The molecule has 0 aromatic carbocycles. The van der Waals surface area contributed by atoms with E-state index in [1.165, 1.54) is 38.5 Å². The third-order valence-electron chi connectivity index (χ3n) is 4.28. The molecule has 0 spiro atoms. The van der Waals surface area contributed by atoms with Crippen molar-refractivity contribution in [1.29, 1.82) is 0 Å². The average molecular weight is 324 g/mol. The average Bonchev–Trinajstić information content (AvgIpc) is 2.49. The maximum Gasteiger partial charge on any atom is 0.341 e. The van der Waals surface area contributed by atoms with Gasteiger partial charge in [-0.3, -0.25) is 4.98 Å². The molecule has 0 N–H and O–H groups in total. The molecule has 0 atom stereocenters. The molecule has 2 rings (SSSR count). The van der Waals surface area contributed by atoms with Crippen molar-refractivity contribution >= 4 is 17.6 Å². The zero-order chi connectivity index (χ0) is 15.8. The summed E-state index contributed by atoms with van der Waals surface area (Å²) in [6, 6.07) is 0. The minimum atomic E-state index is -0.367. The Bertz CT molecular complexity index is 502. The van der Waals surface area contributed by atoms with Crippen molar-refractivity contribution < 1.29 is 9.53 Å². The highest BCUT2D eigenvalue weighted by Crippen LogP contribution is 2.27. The number of nitrogens with zero attached hydrogens (tertiary/aromatic N) is 1. The molecule has 0 saturated carbocycles. The lowest BCUT2D eigenvalue weighted by molar-refractivity contribution is 0.0526. The first-order valence-electron chi connectivity index (χ1n) is 8.57. The van der Waals surface area contributed by atoms with Gasteiger partial charge in [0, 0.05) is 11.9 Å². The molecule has 0 unspecified atom stereocenters. The third-order valence-corrected chi connectivity index (χ3v) is 4.72. The summed E-state index contributed by atoms with van der Waals surface area (Å²) >= 11 is 6.51. The van der Waals surface area contributed by atoms with E-state index in [9.17, 15) is 4.79 Å². The molecule has 0 fully saturated rings. The molecule has 1 aliphatic rings. The van der Waals surface area contributed by atoms with E-state index < -0.39 is 0 Å². The van der Waals surface area contributed by atoms with Crippen molar-refractivity contribution in [2.75, 3.05) is 6.61 Å². The van der Waals surface area contributed by atoms with Gasteiger partial charge in [0.2, 0.25) is 0 Å². The molecule has 4 heteroatoms. The number of rotatable bonds is 2. The minimum Gasteiger partial charge on any atom is -0.462 e. The third kappa shape index (κ3) is 4.70. The molecule has 1 heterocycles. The quantitative estimate of drug-likeness (QED) is 0.708. The van der Waals surface area contributed by atoms with Crippen LogP contribution < -0.4 is 0 Å². The lowest BCUT2D eigenvalue weighted by Crippen LogP contribution is -2.10. The Kier molecular flexibility index (Phi) is 7.17. The predicted octanol–water partition coefficient (Wildman–Crippen LogP) is 5.13. The van der Waals surface area contributed by atoms with E-state index in [-0.39, 0.29) is 5.97 Å². The zero-order valence-electron chi connectivity index (χ0n) is 13.5. The Morgan fingerprint density at radius 1 is 1.09 bits per heavy atom. The highest BCUT2D eigenvalue weighted by atomic mass is 35.5. The summed E-state index contributed by atoms with van der Waals surface area (Å²) < 4.78 is 5.07. The smallest absolute Gasteiger partial charge is 0.341 e. The number of carbonyl (C=O) groups excluding carboxylic acids is 1. The van der Waals surface area contributed by atoms with E-state index in [1.807, 2.05) is 0 Å². The summed E-state index contributed by atoms with van der Waals surface area (Å²) in [7, 11) is 0. The van der Waals surface area contributed by atoms with Crippen LogP contribution in [0.5, 0.6) is 0 Å². The molecule has 22 heavy (non-hydrogen) atoms. The van der Waals surface area contributed by atoms with Crippen LogP contribution in [0.25, 0.3) is 0 Å². The molecule has 1 aromatic heterocycles.